The molecule has 8 heteroatoms. The maximum absolute atomic E-state index is 13.5. The summed E-state index contributed by atoms with van der Waals surface area (Å²) >= 11 is 0. The third-order valence-corrected chi connectivity index (χ3v) is 8.90. The molecule has 0 saturated heterocycles. The Morgan fingerprint density at radius 2 is 1.79 bits per heavy atom. The van der Waals surface area contributed by atoms with Crippen LogP contribution in [0.25, 0.3) is 22.2 Å². The Bertz CT molecular complexity index is 1400. The largest absolute Gasteiger partial charge is 0.304 e. The fourth-order valence-electron chi connectivity index (χ4n) is 5.11. The van der Waals surface area contributed by atoms with Gasteiger partial charge in [-0.3, -0.25) is 4.68 Å². The van der Waals surface area contributed by atoms with E-state index in [4.69, 9.17) is 4.98 Å². The molecule has 1 fully saturated rings. The molecule has 0 spiro atoms. The number of hydrogen-bond donors (Lipinski definition) is 0. The molecule has 1 aliphatic rings. The Morgan fingerprint density at radius 1 is 1.06 bits per heavy atom. The lowest BCUT2D eigenvalue weighted by Crippen LogP contribution is -2.34. The van der Waals surface area contributed by atoms with Crippen molar-refractivity contribution in [1.82, 2.24) is 23.6 Å². The van der Waals surface area contributed by atoms with E-state index in [9.17, 15) is 8.42 Å². The van der Waals surface area contributed by atoms with E-state index in [2.05, 4.69) is 30.0 Å². The van der Waals surface area contributed by atoms with Crippen LogP contribution >= 0.6 is 0 Å². The predicted molar refractivity (Wildman–Crippen MR) is 134 cm³/mol. The molecule has 1 saturated carbocycles. The minimum atomic E-state index is -3.78. The Kier molecular flexibility index (Phi) is 6.04. The van der Waals surface area contributed by atoms with Gasteiger partial charge in [-0.25, -0.2) is 17.4 Å². The van der Waals surface area contributed by atoms with Crippen LogP contribution < -0.4 is 0 Å². The van der Waals surface area contributed by atoms with Gasteiger partial charge in [0.15, 0.2) is 5.65 Å². The predicted octanol–water partition coefficient (Wildman–Crippen LogP) is 4.65. The zero-order valence-corrected chi connectivity index (χ0v) is 20.7. The number of fused-ring (bicyclic) bond motifs is 1. The molecule has 0 N–H and O–H groups in total. The summed E-state index contributed by atoms with van der Waals surface area (Å²) < 4.78 is 30.1. The molecule has 178 valence electrons. The highest BCUT2D eigenvalue weighted by molar-refractivity contribution is 7.90. The van der Waals surface area contributed by atoms with Crippen LogP contribution in [0, 0.1) is 0 Å². The average Bonchev–Trinajstić information content (AvgIpc) is 3.47. The molecule has 0 radical (unpaired) electrons. The highest BCUT2D eigenvalue weighted by Crippen LogP contribution is 2.38. The van der Waals surface area contributed by atoms with Crippen LogP contribution in [0.1, 0.15) is 44.1 Å². The molecule has 3 heterocycles. The number of aryl methyl sites for hydroxylation is 1. The van der Waals surface area contributed by atoms with Gasteiger partial charge in [-0.15, -0.1) is 0 Å². The number of aromatic nitrogens is 4. The van der Waals surface area contributed by atoms with Gasteiger partial charge in [-0.05, 0) is 69.0 Å². The monoisotopic (exact) mass is 477 g/mol. The summed E-state index contributed by atoms with van der Waals surface area (Å²) in [4.78, 5) is 7.40. The van der Waals surface area contributed by atoms with Crippen LogP contribution in [-0.4, -0.2) is 51.7 Å². The number of pyridine rings is 1. The standard InChI is InChI=1S/C26H31N5O2S/c1-4-29(2)22-12-10-19(11-13-22)20-14-24-25(21-16-28-30(3)17-21)18-31(26(24)27-15-20)34(32,33)23-8-6-5-7-9-23/h5-9,14-19,22H,4,10-13H2,1-3H3/t19-,22+. The van der Waals surface area contributed by atoms with E-state index in [0.29, 0.717) is 17.6 Å². The molecule has 34 heavy (non-hydrogen) atoms. The quantitative estimate of drug-likeness (QED) is 0.404. The topological polar surface area (TPSA) is 73.0 Å². The van der Waals surface area contributed by atoms with Crippen molar-refractivity contribution in [3.63, 3.8) is 0 Å². The maximum atomic E-state index is 13.5. The summed E-state index contributed by atoms with van der Waals surface area (Å²) in [6.07, 6.45) is 11.8. The summed E-state index contributed by atoms with van der Waals surface area (Å²) in [5.74, 6) is 0.439. The van der Waals surface area contributed by atoms with Crippen molar-refractivity contribution in [3.8, 4) is 11.1 Å². The molecule has 0 unspecified atom stereocenters. The molecule has 0 bridgehead atoms. The highest BCUT2D eigenvalue weighted by Gasteiger charge is 2.27. The lowest BCUT2D eigenvalue weighted by atomic mass is 9.81. The van der Waals surface area contributed by atoms with E-state index in [1.165, 1.54) is 22.4 Å². The third kappa shape index (κ3) is 4.05. The molecular weight excluding hydrogens is 446 g/mol. The van der Waals surface area contributed by atoms with Gasteiger partial charge in [0.2, 0.25) is 0 Å². The number of rotatable bonds is 6. The molecule has 0 aliphatic heterocycles. The molecule has 0 atom stereocenters. The second kappa shape index (κ2) is 9.00. The molecule has 7 nitrogen and oxygen atoms in total. The first kappa shape index (κ1) is 22.8. The Morgan fingerprint density at radius 3 is 2.44 bits per heavy atom. The maximum Gasteiger partial charge on any atom is 0.269 e. The zero-order chi connectivity index (χ0) is 23.9. The molecule has 3 aromatic heterocycles. The zero-order valence-electron chi connectivity index (χ0n) is 19.9. The molecule has 4 aromatic rings. The van der Waals surface area contributed by atoms with E-state index in [-0.39, 0.29) is 4.90 Å². The molecule has 5 rings (SSSR count). The minimum absolute atomic E-state index is 0.244. The Hall–Kier alpha value is -2.97. The van der Waals surface area contributed by atoms with E-state index >= 15 is 0 Å². The van der Waals surface area contributed by atoms with Crippen LogP contribution in [0.3, 0.4) is 0 Å². The van der Waals surface area contributed by atoms with Gasteiger partial charge in [0.05, 0.1) is 11.1 Å². The van der Waals surface area contributed by atoms with Crippen molar-refractivity contribution in [2.75, 3.05) is 13.6 Å². The summed E-state index contributed by atoms with van der Waals surface area (Å²) in [7, 11) is 0.281. The summed E-state index contributed by atoms with van der Waals surface area (Å²) in [5, 5.41) is 5.15. The third-order valence-electron chi connectivity index (χ3n) is 7.24. The van der Waals surface area contributed by atoms with Crippen LogP contribution in [0.2, 0.25) is 0 Å². The lowest BCUT2D eigenvalue weighted by Gasteiger charge is -2.34. The first-order valence-electron chi connectivity index (χ1n) is 11.9. The van der Waals surface area contributed by atoms with Gasteiger partial charge in [-0.1, -0.05) is 25.1 Å². The smallest absolute Gasteiger partial charge is 0.269 e. The van der Waals surface area contributed by atoms with E-state index in [1.54, 1.807) is 41.3 Å². The van der Waals surface area contributed by atoms with Gasteiger partial charge in [0.25, 0.3) is 10.0 Å². The van der Waals surface area contributed by atoms with Crippen molar-refractivity contribution < 1.29 is 8.42 Å². The summed E-state index contributed by atoms with van der Waals surface area (Å²) in [6, 6.07) is 11.3. The number of nitrogens with zero attached hydrogens (tertiary/aromatic N) is 5. The van der Waals surface area contributed by atoms with Crippen LogP contribution in [-0.2, 0) is 17.1 Å². The molecule has 0 amide bonds. The van der Waals surface area contributed by atoms with Gasteiger partial charge in [0, 0.05) is 48.2 Å². The average molecular weight is 478 g/mol. The molecular formula is C26H31N5O2S. The summed E-state index contributed by atoms with van der Waals surface area (Å²) in [5.41, 5.74) is 3.34. The Balaban J connectivity index is 1.59. The molecule has 1 aliphatic carbocycles. The normalized spacial score (nSPS) is 19.2. The SMILES string of the molecule is CCN(C)[C@H]1CC[C@@H](c2cnc3c(c2)c(-c2cnn(C)c2)cn3S(=O)(=O)c2ccccc2)CC1. The van der Waals surface area contributed by atoms with Crippen molar-refractivity contribution >= 4 is 21.1 Å². The highest BCUT2D eigenvalue weighted by atomic mass is 32.2. The van der Waals surface area contributed by atoms with Gasteiger partial charge < -0.3 is 4.90 Å². The number of hydrogen-bond acceptors (Lipinski definition) is 5. The second-order valence-corrected chi connectivity index (χ2v) is 11.1. The van der Waals surface area contributed by atoms with Crippen molar-refractivity contribution in [3.05, 3.63) is 66.7 Å². The van der Waals surface area contributed by atoms with E-state index < -0.39 is 10.0 Å². The fraction of sp³-hybridized carbons (Fsp3) is 0.385. The first-order chi connectivity index (χ1) is 16.4. The number of benzene rings is 1. The van der Waals surface area contributed by atoms with Crippen LogP contribution in [0.4, 0.5) is 0 Å². The van der Waals surface area contributed by atoms with Gasteiger partial charge in [-0.2, -0.15) is 5.10 Å². The van der Waals surface area contributed by atoms with Crippen molar-refractivity contribution in [2.45, 2.75) is 49.5 Å². The summed E-state index contributed by atoms with van der Waals surface area (Å²) in [6.45, 7) is 3.28. The Labute approximate surface area is 201 Å². The lowest BCUT2D eigenvalue weighted by molar-refractivity contribution is 0.190. The first-order valence-corrected chi connectivity index (χ1v) is 13.3. The van der Waals surface area contributed by atoms with Crippen molar-refractivity contribution in [1.29, 1.82) is 0 Å². The fourth-order valence-corrected chi connectivity index (χ4v) is 6.45. The second-order valence-electron chi connectivity index (χ2n) is 9.28. The van der Waals surface area contributed by atoms with Crippen molar-refractivity contribution in [2.24, 2.45) is 7.05 Å². The van der Waals surface area contributed by atoms with E-state index in [1.807, 2.05) is 25.5 Å². The van der Waals surface area contributed by atoms with Gasteiger partial charge in [0.1, 0.15) is 0 Å². The van der Waals surface area contributed by atoms with Gasteiger partial charge >= 0.3 is 0 Å². The van der Waals surface area contributed by atoms with Crippen LogP contribution in [0.5, 0.6) is 0 Å². The minimum Gasteiger partial charge on any atom is -0.304 e. The van der Waals surface area contributed by atoms with Crippen LogP contribution in [0.15, 0.2) is 66.1 Å². The van der Waals surface area contributed by atoms with E-state index in [0.717, 1.165) is 35.9 Å². The molecule has 1 aromatic carbocycles.